The maximum Gasteiger partial charge on any atom is 0.238 e. The molecule has 0 saturated heterocycles. The monoisotopic (exact) mass is 233 g/mol. The van der Waals surface area contributed by atoms with E-state index in [9.17, 15) is 8.42 Å². The molecule has 0 saturated carbocycles. The lowest BCUT2D eigenvalue weighted by Gasteiger charge is -2.09. The van der Waals surface area contributed by atoms with Gasteiger partial charge in [-0.2, -0.15) is 0 Å². The first-order valence-electron chi connectivity index (χ1n) is 4.66. The zero-order valence-electron chi connectivity index (χ0n) is 7.72. The van der Waals surface area contributed by atoms with Gasteiger partial charge in [0.1, 0.15) is 5.75 Å². The lowest BCUT2D eigenvalue weighted by molar-refractivity contribution is 0.608. The van der Waals surface area contributed by atoms with Crippen molar-refractivity contribution < 1.29 is 8.42 Å². The Labute approximate surface area is 87.9 Å². The normalized spacial score (nSPS) is 16.6. The van der Waals surface area contributed by atoms with Gasteiger partial charge >= 0.3 is 0 Å². The van der Waals surface area contributed by atoms with Gasteiger partial charge in [0.15, 0.2) is 0 Å². The Kier molecular flexibility index (Phi) is 2.58. The van der Waals surface area contributed by atoms with Crippen LogP contribution in [0.3, 0.4) is 0 Å². The lowest BCUT2D eigenvalue weighted by atomic mass is 9.98. The van der Waals surface area contributed by atoms with Gasteiger partial charge in [-0.15, -0.1) is 0 Å². The third kappa shape index (κ3) is 2.30. The molecule has 5 heteroatoms. The summed E-state index contributed by atoms with van der Waals surface area (Å²) < 4.78 is 21.7. The molecule has 0 unspecified atom stereocenters. The molecule has 1 aromatic rings. The van der Waals surface area contributed by atoms with Crippen molar-refractivity contribution in [3.05, 3.63) is 23.0 Å². The molecule has 0 aliphatic heterocycles. The Morgan fingerprint density at radius 3 is 2.71 bits per heavy atom. The Morgan fingerprint density at radius 2 is 2.07 bits per heavy atom. The van der Waals surface area contributed by atoms with Gasteiger partial charge in [-0.3, -0.25) is 0 Å². The number of nitrogens with one attached hydrogen (secondary N) is 1. The molecule has 3 nitrogen and oxygen atoms in total. The molecule has 0 fully saturated rings. The quantitative estimate of drug-likeness (QED) is 0.794. The fourth-order valence-electron chi connectivity index (χ4n) is 1.93. The third-order valence-corrected chi connectivity index (χ3v) is 3.48. The second-order valence-electron chi connectivity index (χ2n) is 3.69. The summed E-state index contributed by atoms with van der Waals surface area (Å²) in [4.78, 5) is 3.13. The molecule has 0 spiro atoms. The van der Waals surface area contributed by atoms with E-state index in [4.69, 9.17) is 10.7 Å². The van der Waals surface area contributed by atoms with Crippen LogP contribution in [0.25, 0.3) is 0 Å². The van der Waals surface area contributed by atoms with Gasteiger partial charge in [-0.05, 0) is 37.3 Å². The molecule has 1 aliphatic carbocycles. The van der Waals surface area contributed by atoms with E-state index < -0.39 is 9.05 Å². The fraction of sp³-hybridized carbons (Fsp3) is 0.556. The average molecular weight is 234 g/mol. The minimum absolute atomic E-state index is 0.0957. The number of aryl methyl sites for hydroxylation is 2. The summed E-state index contributed by atoms with van der Waals surface area (Å²) in [6, 6.07) is 1.93. The van der Waals surface area contributed by atoms with Crippen molar-refractivity contribution in [3.8, 4) is 0 Å². The molecule has 1 heterocycles. The first kappa shape index (κ1) is 10.1. The SMILES string of the molecule is O=S(=O)(Cl)Cc1cc2c([nH]1)CCCC2. The van der Waals surface area contributed by atoms with E-state index in [0.717, 1.165) is 12.8 Å². The second kappa shape index (κ2) is 3.59. The second-order valence-corrected chi connectivity index (χ2v) is 6.47. The Hall–Kier alpha value is -0.480. The van der Waals surface area contributed by atoms with E-state index >= 15 is 0 Å². The van der Waals surface area contributed by atoms with Crippen molar-refractivity contribution in [3.63, 3.8) is 0 Å². The maximum absolute atomic E-state index is 10.9. The number of H-pyrrole nitrogens is 1. The summed E-state index contributed by atoms with van der Waals surface area (Å²) in [5.41, 5.74) is 3.16. The topological polar surface area (TPSA) is 49.9 Å². The number of fused-ring (bicyclic) bond motifs is 1. The molecular weight excluding hydrogens is 222 g/mol. The van der Waals surface area contributed by atoms with Crippen LogP contribution in [0, 0.1) is 0 Å². The smallest absolute Gasteiger partial charge is 0.238 e. The number of hydrogen-bond donors (Lipinski definition) is 1. The molecular formula is C9H12ClNO2S. The van der Waals surface area contributed by atoms with Gasteiger partial charge in [-0.25, -0.2) is 8.42 Å². The van der Waals surface area contributed by atoms with Gasteiger partial charge in [0, 0.05) is 22.1 Å². The van der Waals surface area contributed by atoms with E-state index in [0.29, 0.717) is 5.69 Å². The predicted octanol–water partition coefficient (Wildman–Crippen LogP) is 1.96. The minimum Gasteiger partial charge on any atom is -0.361 e. The van der Waals surface area contributed by atoms with Gasteiger partial charge in [0.25, 0.3) is 0 Å². The van der Waals surface area contributed by atoms with Crippen LogP contribution in [-0.4, -0.2) is 13.4 Å². The summed E-state index contributed by atoms with van der Waals surface area (Å²) in [5, 5.41) is 0. The largest absolute Gasteiger partial charge is 0.361 e. The molecule has 0 radical (unpaired) electrons. The number of halogens is 1. The summed E-state index contributed by atoms with van der Waals surface area (Å²) in [5.74, 6) is -0.0957. The van der Waals surface area contributed by atoms with Gasteiger partial charge in [-0.1, -0.05) is 0 Å². The van der Waals surface area contributed by atoms with E-state index in [1.165, 1.54) is 24.1 Å². The molecule has 0 amide bonds. The molecule has 2 rings (SSSR count). The van der Waals surface area contributed by atoms with E-state index in [-0.39, 0.29) is 5.75 Å². The summed E-state index contributed by atoms with van der Waals surface area (Å²) in [6.45, 7) is 0. The number of aromatic amines is 1. The van der Waals surface area contributed by atoms with Crippen molar-refractivity contribution in [1.29, 1.82) is 0 Å². The molecule has 1 aromatic heterocycles. The van der Waals surface area contributed by atoms with E-state index in [1.54, 1.807) is 0 Å². The predicted molar refractivity (Wildman–Crippen MR) is 55.9 cm³/mol. The average Bonchev–Trinajstić information content (AvgIpc) is 2.42. The Balaban J connectivity index is 2.24. The minimum atomic E-state index is -3.44. The number of aromatic nitrogens is 1. The molecule has 14 heavy (non-hydrogen) atoms. The van der Waals surface area contributed by atoms with Crippen LogP contribution < -0.4 is 0 Å². The van der Waals surface area contributed by atoms with Crippen molar-refractivity contribution in [1.82, 2.24) is 4.98 Å². The Morgan fingerprint density at radius 1 is 1.36 bits per heavy atom. The van der Waals surface area contributed by atoms with Crippen molar-refractivity contribution in [2.45, 2.75) is 31.4 Å². The summed E-state index contributed by atoms with van der Waals surface area (Å²) >= 11 is 0. The van der Waals surface area contributed by atoms with Gasteiger partial charge in [0.2, 0.25) is 9.05 Å². The van der Waals surface area contributed by atoms with Crippen molar-refractivity contribution >= 4 is 19.7 Å². The molecule has 78 valence electrons. The number of hydrogen-bond acceptors (Lipinski definition) is 2. The lowest BCUT2D eigenvalue weighted by Crippen LogP contribution is -1.99. The van der Waals surface area contributed by atoms with Crippen LogP contribution in [0.1, 0.15) is 29.8 Å². The standard InChI is InChI=1S/C9H12ClNO2S/c10-14(12,13)6-8-5-7-3-1-2-4-9(7)11-8/h5,11H,1-4,6H2. The van der Waals surface area contributed by atoms with E-state index in [2.05, 4.69) is 4.98 Å². The van der Waals surface area contributed by atoms with Crippen LogP contribution in [0.4, 0.5) is 0 Å². The fourth-order valence-corrected chi connectivity index (χ4v) is 2.81. The van der Waals surface area contributed by atoms with Crippen LogP contribution >= 0.6 is 10.7 Å². The maximum atomic E-state index is 10.9. The number of rotatable bonds is 2. The van der Waals surface area contributed by atoms with Crippen LogP contribution in [0.5, 0.6) is 0 Å². The highest BCUT2D eigenvalue weighted by atomic mass is 35.7. The third-order valence-electron chi connectivity index (χ3n) is 2.50. The Bertz CT molecular complexity index is 412. The summed E-state index contributed by atoms with van der Waals surface area (Å²) in [7, 11) is 1.75. The molecule has 1 N–H and O–H groups in total. The zero-order chi connectivity index (χ0) is 10.2. The van der Waals surface area contributed by atoms with Gasteiger partial charge < -0.3 is 4.98 Å². The molecule has 0 aromatic carbocycles. The van der Waals surface area contributed by atoms with Gasteiger partial charge in [0.05, 0.1) is 0 Å². The first-order valence-corrected chi connectivity index (χ1v) is 7.14. The summed E-state index contributed by atoms with van der Waals surface area (Å²) in [6.07, 6.45) is 4.45. The molecule has 0 bridgehead atoms. The first-order chi connectivity index (χ1) is 6.54. The van der Waals surface area contributed by atoms with Crippen LogP contribution in [0.15, 0.2) is 6.07 Å². The highest BCUT2D eigenvalue weighted by molar-refractivity contribution is 8.13. The van der Waals surface area contributed by atoms with Crippen LogP contribution in [-0.2, 0) is 27.6 Å². The molecule has 1 aliphatic rings. The van der Waals surface area contributed by atoms with Crippen molar-refractivity contribution in [2.75, 3.05) is 0 Å². The zero-order valence-corrected chi connectivity index (χ0v) is 9.29. The molecule has 0 atom stereocenters. The highest BCUT2D eigenvalue weighted by Gasteiger charge is 2.15. The van der Waals surface area contributed by atoms with E-state index in [1.807, 2.05) is 6.07 Å². The highest BCUT2D eigenvalue weighted by Crippen LogP contribution is 2.22. The van der Waals surface area contributed by atoms with Crippen molar-refractivity contribution in [2.24, 2.45) is 0 Å². The van der Waals surface area contributed by atoms with Crippen LogP contribution in [0.2, 0.25) is 0 Å².